The molecule has 2 atom stereocenters. The van der Waals surface area contributed by atoms with E-state index in [-0.39, 0.29) is 29.0 Å². The maximum atomic E-state index is 13.7. The Hall–Kier alpha value is -2.68. The maximum Gasteiger partial charge on any atom is 0.243 e. The van der Waals surface area contributed by atoms with Gasteiger partial charge in [-0.05, 0) is 78.7 Å². The third-order valence-electron chi connectivity index (χ3n) is 8.26. The van der Waals surface area contributed by atoms with Gasteiger partial charge in [-0.15, -0.1) is 0 Å². The highest BCUT2D eigenvalue weighted by Gasteiger charge is 2.40. The molecular weight excluding hydrogens is 475 g/mol. The fraction of sp³-hybridized carbons (Fsp3) is 0.429. The van der Waals surface area contributed by atoms with Crippen molar-refractivity contribution < 1.29 is 14.0 Å². The molecule has 6 rings (SSSR count). The van der Waals surface area contributed by atoms with E-state index in [0.29, 0.717) is 25.3 Å². The molecule has 2 aromatic carbocycles. The molecule has 3 aliphatic heterocycles. The number of benzene rings is 2. The standard InChI is InChI=1S/C28H31FN4O2S/c1-31-15-22(20-6-5-19(29)13-25(20)31)17-9-11-32(12-10-17)14-18-3-2-4-21-23(18)16-33(28(21)36)24-7-8-26(34)30-27(24)35/h2-6,13,15,17,24,28,36H,7-12,14,16H2,1H3,(H,30,34,35). The summed E-state index contributed by atoms with van der Waals surface area (Å²) in [6.07, 6.45) is 5.23. The molecule has 36 heavy (non-hydrogen) atoms. The number of nitrogens with one attached hydrogen (secondary N) is 1. The maximum absolute atomic E-state index is 13.7. The van der Waals surface area contributed by atoms with Crippen molar-refractivity contribution in [2.45, 2.75) is 56.1 Å². The number of nitrogens with zero attached hydrogens (tertiary/aromatic N) is 3. The number of hydrogen-bond donors (Lipinski definition) is 2. The molecule has 0 saturated carbocycles. The molecule has 3 aromatic rings. The van der Waals surface area contributed by atoms with Gasteiger partial charge in [0.25, 0.3) is 0 Å². The molecule has 0 aliphatic carbocycles. The monoisotopic (exact) mass is 506 g/mol. The van der Waals surface area contributed by atoms with Crippen LogP contribution in [0.3, 0.4) is 0 Å². The summed E-state index contributed by atoms with van der Waals surface area (Å²) in [6.45, 7) is 3.56. The van der Waals surface area contributed by atoms with Gasteiger partial charge in [-0.25, -0.2) is 4.39 Å². The molecule has 3 aliphatic rings. The van der Waals surface area contributed by atoms with Gasteiger partial charge in [0, 0.05) is 38.1 Å². The van der Waals surface area contributed by atoms with E-state index in [4.69, 9.17) is 12.6 Å². The number of hydrogen-bond acceptors (Lipinski definition) is 5. The van der Waals surface area contributed by atoms with Gasteiger partial charge >= 0.3 is 0 Å². The number of amides is 2. The van der Waals surface area contributed by atoms with Crippen LogP contribution in [0.15, 0.2) is 42.6 Å². The van der Waals surface area contributed by atoms with E-state index in [1.54, 1.807) is 12.1 Å². The van der Waals surface area contributed by atoms with Crippen LogP contribution in [0, 0.1) is 5.82 Å². The Morgan fingerprint density at radius 1 is 1.08 bits per heavy atom. The van der Waals surface area contributed by atoms with Crippen molar-refractivity contribution in [1.82, 2.24) is 19.7 Å². The highest BCUT2D eigenvalue weighted by molar-refractivity contribution is 7.80. The van der Waals surface area contributed by atoms with E-state index in [1.807, 2.05) is 17.7 Å². The number of likely N-dealkylation sites (tertiary alicyclic amines) is 1. The van der Waals surface area contributed by atoms with Crippen molar-refractivity contribution in [3.05, 3.63) is 70.7 Å². The molecule has 0 spiro atoms. The van der Waals surface area contributed by atoms with Gasteiger partial charge in [0.2, 0.25) is 11.8 Å². The van der Waals surface area contributed by atoms with Gasteiger partial charge in [-0.2, -0.15) is 12.6 Å². The third-order valence-corrected chi connectivity index (χ3v) is 8.83. The van der Waals surface area contributed by atoms with Crippen molar-refractivity contribution in [1.29, 1.82) is 0 Å². The molecule has 2 amide bonds. The third kappa shape index (κ3) is 4.15. The van der Waals surface area contributed by atoms with E-state index in [2.05, 4.69) is 39.5 Å². The van der Waals surface area contributed by atoms with E-state index in [9.17, 15) is 14.0 Å². The van der Waals surface area contributed by atoms with Crippen molar-refractivity contribution >= 4 is 35.3 Å². The van der Waals surface area contributed by atoms with Gasteiger partial charge in [-0.3, -0.25) is 24.7 Å². The van der Waals surface area contributed by atoms with E-state index in [0.717, 1.165) is 43.4 Å². The molecular formula is C28H31FN4O2S. The summed E-state index contributed by atoms with van der Waals surface area (Å²) in [5.41, 5.74) is 6.00. The van der Waals surface area contributed by atoms with Crippen LogP contribution < -0.4 is 5.32 Å². The Morgan fingerprint density at radius 3 is 2.67 bits per heavy atom. The lowest BCUT2D eigenvalue weighted by molar-refractivity contribution is -0.137. The van der Waals surface area contributed by atoms with Crippen LogP contribution in [0.4, 0.5) is 4.39 Å². The Labute approximate surface area is 215 Å². The first-order chi connectivity index (χ1) is 17.4. The molecule has 8 heteroatoms. The van der Waals surface area contributed by atoms with Crippen LogP contribution in [-0.2, 0) is 29.7 Å². The number of imide groups is 1. The van der Waals surface area contributed by atoms with Crippen LogP contribution in [0.25, 0.3) is 10.9 Å². The fourth-order valence-corrected chi connectivity index (χ4v) is 6.81. The van der Waals surface area contributed by atoms with Gasteiger partial charge in [0.05, 0.1) is 16.9 Å². The molecule has 6 nitrogen and oxygen atoms in total. The SMILES string of the molecule is Cn1cc(C2CCN(Cc3cccc4c3CN(C3CCC(=O)NC3=O)C4S)CC2)c2ccc(F)cc21. The summed E-state index contributed by atoms with van der Waals surface area (Å²) in [5.74, 6) is -0.122. The minimum absolute atomic E-state index is 0.147. The Kier molecular flexibility index (Phi) is 6.14. The highest BCUT2D eigenvalue weighted by atomic mass is 32.1. The van der Waals surface area contributed by atoms with Crippen LogP contribution in [-0.4, -0.2) is 45.3 Å². The predicted octanol–water partition coefficient (Wildman–Crippen LogP) is 4.25. The molecule has 4 heterocycles. The van der Waals surface area contributed by atoms with Gasteiger partial charge in [-0.1, -0.05) is 18.2 Å². The van der Waals surface area contributed by atoms with Crippen molar-refractivity contribution in [2.24, 2.45) is 7.05 Å². The topological polar surface area (TPSA) is 57.6 Å². The average molecular weight is 507 g/mol. The normalized spacial score (nSPS) is 23.9. The fourth-order valence-electron chi connectivity index (χ4n) is 6.32. The summed E-state index contributed by atoms with van der Waals surface area (Å²) >= 11 is 4.87. The van der Waals surface area contributed by atoms with E-state index >= 15 is 0 Å². The Balaban J connectivity index is 1.14. The summed E-state index contributed by atoms with van der Waals surface area (Å²) in [5, 5.41) is 3.50. The lowest BCUT2D eigenvalue weighted by Gasteiger charge is -2.33. The summed E-state index contributed by atoms with van der Waals surface area (Å²) in [4.78, 5) is 28.7. The quantitative estimate of drug-likeness (QED) is 0.411. The van der Waals surface area contributed by atoms with Crippen LogP contribution in [0.5, 0.6) is 0 Å². The second-order valence-corrected chi connectivity index (χ2v) is 10.9. The molecule has 0 radical (unpaired) electrons. The number of halogens is 1. The zero-order valence-electron chi connectivity index (χ0n) is 20.4. The first-order valence-electron chi connectivity index (χ1n) is 12.7. The van der Waals surface area contributed by atoms with Crippen LogP contribution in [0.2, 0.25) is 0 Å². The molecule has 2 unspecified atom stereocenters. The highest BCUT2D eigenvalue weighted by Crippen LogP contribution is 2.41. The minimum Gasteiger partial charge on any atom is -0.350 e. The van der Waals surface area contributed by atoms with Gasteiger partial charge < -0.3 is 4.57 Å². The lowest BCUT2D eigenvalue weighted by atomic mass is 9.89. The van der Waals surface area contributed by atoms with Crippen molar-refractivity contribution in [3.8, 4) is 0 Å². The lowest BCUT2D eigenvalue weighted by Crippen LogP contribution is -2.51. The summed E-state index contributed by atoms with van der Waals surface area (Å²) in [6, 6.07) is 11.2. The van der Waals surface area contributed by atoms with E-state index < -0.39 is 0 Å². The number of piperidine rings is 2. The molecule has 1 aromatic heterocycles. The van der Waals surface area contributed by atoms with Crippen LogP contribution >= 0.6 is 12.6 Å². The second-order valence-electron chi connectivity index (χ2n) is 10.4. The number of aryl methyl sites for hydroxylation is 1. The molecule has 0 bridgehead atoms. The van der Waals surface area contributed by atoms with Crippen LogP contribution in [0.1, 0.15) is 59.2 Å². The number of rotatable bonds is 4. The number of aromatic nitrogens is 1. The zero-order valence-corrected chi connectivity index (χ0v) is 21.3. The Bertz CT molecular complexity index is 1350. The number of fused-ring (bicyclic) bond motifs is 2. The number of carbonyl (C=O) groups excluding carboxylic acids is 2. The zero-order chi connectivity index (χ0) is 25.0. The second kappa shape index (κ2) is 9.32. The number of carbonyl (C=O) groups is 2. The molecule has 2 fully saturated rings. The minimum atomic E-state index is -0.324. The average Bonchev–Trinajstić information content (AvgIpc) is 3.37. The molecule has 1 N–H and O–H groups in total. The van der Waals surface area contributed by atoms with Crippen molar-refractivity contribution in [3.63, 3.8) is 0 Å². The molecule has 2 saturated heterocycles. The van der Waals surface area contributed by atoms with Gasteiger partial charge in [0.1, 0.15) is 5.82 Å². The number of thiol groups is 1. The smallest absolute Gasteiger partial charge is 0.243 e. The van der Waals surface area contributed by atoms with Gasteiger partial charge in [0.15, 0.2) is 0 Å². The Morgan fingerprint density at radius 2 is 1.89 bits per heavy atom. The van der Waals surface area contributed by atoms with E-state index in [1.165, 1.54) is 22.3 Å². The first-order valence-corrected chi connectivity index (χ1v) is 13.3. The first kappa shape index (κ1) is 23.7. The molecule has 188 valence electrons. The van der Waals surface area contributed by atoms with Crippen molar-refractivity contribution in [2.75, 3.05) is 13.1 Å². The summed E-state index contributed by atoms with van der Waals surface area (Å²) in [7, 11) is 1.99. The largest absolute Gasteiger partial charge is 0.350 e. The summed E-state index contributed by atoms with van der Waals surface area (Å²) < 4.78 is 15.8. The predicted molar refractivity (Wildman–Crippen MR) is 140 cm³/mol.